The zero-order chi connectivity index (χ0) is 13.0. The van der Waals surface area contributed by atoms with Gasteiger partial charge in [-0.05, 0) is 37.3 Å². The van der Waals surface area contributed by atoms with Crippen LogP contribution in [0.3, 0.4) is 0 Å². The molecule has 4 heteroatoms. The average molecular weight is 248 g/mol. The molecule has 1 saturated heterocycles. The third-order valence-corrected chi connectivity index (χ3v) is 3.39. The summed E-state index contributed by atoms with van der Waals surface area (Å²) in [4.78, 5) is 12.0. The summed E-state index contributed by atoms with van der Waals surface area (Å²) < 4.78 is 5.30. The first-order chi connectivity index (χ1) is 8.68. The van der Waals surface area contributed by atoms with Crippen molar-refractivity contribution in [2.75, 3.05) is 25.5 Å². The highest BCUT2D eigenvalue weighted by atomic mass is 16.5. The van der Waals surface area contributed by atoms with Gasteiger partial charge in [-0.2, -0.15) is 0 Å². The van der Waals surface area contributed by atoms with E-state index in [4.69, 9.17) is 10.5 Å². The Morgan fingerprint density at radius 1 is 1.56 bits per heavy atom. The predicted octanol–water partition coefficient (Wildman–Crippen LogP) is 1.73. The molecular weight excluding hydrogens is 228 g/mol. The minimum atomic E-state index is -0.0792. The molecule has 0 aromatic heterocycles. The van der Waals surface area contributed by atoms with Gasteiger partial charge >= 0.3 is 0 Å². The summed E-state index contributed by atoms with van der Waals surface area (Å²) >= 11 is 0. The molecule has 3 N–H and O–H groups in total. The second-order valence-corrected chi connectivity index (χ2v) is 4.81. The predicted molar refractivity (Wildman–Crippen MR) is 71.5 cm³/mol. The first-order valence-corrected chi connectivity index (χ1v) is 6.39. The molecule has 1 aromatic rings. The van der Waals surface area contributed by atoms with Crippen LogP contribution in [0.25, 0.3) is 0 Å². The van der Waals surface area contributed by atoms with Gasteiger partial charge in [-0.3, -0.25) is 4.79 Å². The van der Waals surface area contributed by atoms with E-state index in [-0.39, 0.29) is 5.91 Å². The molecule has 0 bridgehead atoms. The maximum Gasteiger partial charge on any atom is 0.253 e. The van der Waals surface area contributed by atoms with Gasteiger partial charge in [0, 0.05) is 25.4 Å². The van der Waals surface area contributed by atoms with Gasteiger partial charge in [0.2, 0.25) is 0 Å². The lowest BCUT2D eigenvalue weighted by atomic mass is 10.0. The van der Waals surface area contributed by atoms with E-state index in [1.54, 1.807) is 6.07 Å². The summed E-state index contributed by atoms with van der Waals surface area (Å²) in [6.45, 7) is 4.25. The number of carbonyl (C=O) groups is 1. The fourth-order valence-corrected chi connectivity index (χ4v) is 2.29. The molecule has 2 rings (SSSR count). The number of ether oxygens (including phenoxy) is 1. The van der Waals surface area contributed by atoms with Crippen LogP contribution < -0.4 is 11.1 Å². The second kappa shape index (κ2) is 5.87. The van der Waals surface area contributed by atoms with Gasteiger partial charge < -0.3 is 15.8 Å². The molecule has 18 heavy (non-hydrogen) atoms. The highest BCUT2D eigenvalue weighted by Gasteiger charge is 2.16. The molecule has 1 aromatic carbocycles. The van der Waals surface area contributed by atoms with Crippen LogP contribution in [0.4, 0.5) is 5.69 Å². The summed E-state index contributed by atoms with van der Waals surface area (Å²) in [6, 6.07) is 5.51. The van der Waals surface area contributed by atoms with Gasteiger partial charge in [-0.25, -0.2) is 0 Å². The van der Waals surface area contributed by atoms with Crippen LogP contribution in [0.5, 0.6) is 0 Å². The average Bonchev–Trinajstić information content (AvgIpc) is 2.82. The number of anilines is 1. The lowest BCUT2D eigenvalue weighted by molar-refractivity contribution is 0.0950. The van der Waals surface area contributed by atoms with Crippen molar-refractivity contribution in [1.82, 2.24) is 5.32 Å². The van der Waals surface area contributed by atoms with Crippen molar-refractivity contribution in [3.63, 3.8) is 0 Å². The lowest BCUT2D eigenvalue weighted by Gasteiger charge is -2.11. The number of amides is 1. The zero-order valence-corrected chi connectivity index (χ0v) is 10.7. The second-order valence-electron chi connectivity index (χ2n) is 4.81. The molecule has 1 fully saturated rings. The molecule has 0 saturated carbocycles. The smallest absolute Gasteiger partial charge is 0.253 e. The molecule has 1 aliphatic heterocycles. The van der Waals surface area contributed by atoms with E-state index >= 15 is 0 Å². The summed E-state index contributed by atoms with van der Waals surface area (Å²) in [5.74, 6) is 0.504. The molecular formula is C14H20N2O2. The number of nitrogens with one attached hydrogen (secondary N) is 1. The van der Waals surface area contributed by atoms with E-state index < -0.39 is 0 Å². The highest BCUT2D eigenvalue weighted by molar-refractivity contribution is 6.00. The summed E-state index contributed by atoms with van der Waals surface area (Å²) in [5.41, 5.74) is 7.88. The number of rotatable bonds is 4. The van der Waals surface area contributed by atoms with E-state index in [1.807, 2.05) is 19.1 Å². The Kier molecular flexibility index (Phi) is 4.20. The van der Waals surface area contributed by atoms with Crippen LogP contribution in [0.1, 0.15) is 28.8 Å². The Bertz CT molecular complexity index is 406. The minimum absolute atomic E-state index is 0.0792. The van der Waals surface area contributed by atoms with Crippen molar-refractivity contribution in [3.05, 3.63) is 29.3 Å². The summed E-state index contributed by atoms with van der Waals surface area (Å²) in [5, 5.41) is 2.93. The molecule has 1 heterocycles. The van der Waals surface area contributed by atoms with Crippen molar-refractivity contribution in [1.29, 1.82) is 0 Å². The molecule has 4 nitrogen and oxygen atoms in total. The number of hydrogen-bond donors (Lipinski definition) is 2. The first kappa shape index (κ1) is 12.9. The zero-order valence-electron chi connectivity index (χ0n) is 10.7. The standard InChI is InChI=1S/C14H20N2O2/c1-10-3-2-4-12(15)13(10)14(17)16-7-5-11-6-8-18-9-11/h2-4,11H,5-9,15H2,1H3,(H,16,17). The number of aryl methyl sites for hydroxylation is 1. The monoisotopic (exact) mass is 248 g/mol. The molecule has 0 spiro atoms. The third-order valence-electron chi connectivity index (χ3n) is 3.39. The molecule has 1 aliphatic rings. The van der Waals surface area contributed by atoms with Crippen LogP contribution in [0.15, 0.2) is 18.2 Å². The molecule has 98 valence electrons. The molecule has 1 atom stereocenters. The van der Waals surface area contributed by atoms with Gasteiger partial charge in [-0.15, -0.1) is 0 Å². The van der Waals surface area contributed by atoms with Crippen LogP contribution in [-0.4, -0.2) is 25.7 Å². The van der Waals surface area contributed by atoms with E-state index in [0.29, 0.717) is 23.7 Å². The van der Waals surface area contributed by atoms with Crippen LogP contribution in [-0.2, 0) is 4.74 Å². The van der Waals surface area contributed by atoms with Gasteiger partial charge in [-0.1, -0.05) is 12.1 Å². The van der Waals surface area contributed by atoms with E-state index in [0.717, 1.165) is 31.6 Å². The Labute approximate surface area is 108 Å². The number of carbonyl (C=O) groups excluding carboxylic acids is 1. The SMILES string of the molecule is Cc1cccc(N)c1C(=O)NCCC1CCOC1. The quantitative estimate of drug-likeness (QED) is 0.798. The van der Waals surface area contributed by atoms with E-state index in [2.05, 4.69) is 5.32 Å². The lowest BCUT2D eigenvalue weighted by Crippen LogP contribution is -2.27. The number of hydrogen-bond acceptors (Lipinski definition) is 3. The van der Waals surface area contributed by atoms with Crippen LogP contribution in [0, 0.1) is 12.8 Å². The van der Waals surface area contributed by atoms with E-state index in [9.17, 15) is 4.79 Å². The maximum absolute atomic E-state index is 12.0. The highest BCUT2D eigenvalue weighted by Crippen LogP contribution is 2.17. The Hall–Kier alpha value is -1.55. The fourth-order valence-electron chi connectivity index (χ4n) is 2.29. The minimum Gasteiger partial charge on any atom is -0.398 e. The van der Waals surface area contributed by atoms with Crippen molar-refractivity contribution >= 4 is 11.6 Å². The molecule has 0 radical (unpaired) electrons. The topological polar surface area (TPSA) is 64.4 Å². The number of nitrogens with two attached hydrogens (primary N) is 1. The van der Waals surface area contributed by atoms with Gasteiger partial charge in [0.15, 0.2) is 0 Å². The van der Waals surface area contributed by atoms with Gasteiger partial charge in [0.1, 0.15) is 0 Å². The van der Waals surface area contributed by atoms with Crippen LogP contribution >= 0.6 is 0 Å². The normalized spacial score (nSPS) is 18.8. The molecule has 1 amide bonds. The Balaban J connectivity index is 1.87. The third kappa shape index (κ3) is 3.01. The number of benzene rings is 1. The van der Waals surface area contributed by atoms with Gasteiger partial charge in [0.05, 0.1) is 5.56 Å². The van der Waals surface area contributed by atoms with Crippen LogP contribution in [0.2, 0.25) is 0 Å². The largest absolute Gasteiger partial charge is 0.398 e. The van der Waals surface area contributed by atoms with E-state index in [1.165, 1.54) is 0 Å². The molecule has 0 aliphatic carbocycles. The number of nitrogen functional groups attached to an aromatic ring is 1. The molecule has 1 unspecified atom stereocenters. The fraction of sp³-hybridized carbons (Fsp3) is 0.500. The summed E-state index contributed by atoms with van der Waals surface area (Å²) in [6.07, 6.45) is 2.07. The Morgan fingerprint density at radius 2 is 2.39 bits per heavy atom. The van der Waals surface area contributed by atoms with Crippen molar-refractivity contribution in [3.8, 4) is 0 Å². The van der Waals surface area contributed by atoms with Crippen molar-refractivity contribution in [2.45, 2.75) is 19.8 Å². The first-order valence-electron chi connectivity index (χ1n) is 6.39. The van der Waals surface area contributed by atoms with Crippen molar-refractivity contribution < 1.29 is 9.53 Å². The Morgan fingerprint density at radius 3 is 3.06 bits per heavy atom. The van der Waals surface area contributed by atoms with Gasteiger partial charge in [0.25, 0.3) is 5.91 Å². The van der Waals surface area contributed by atoms with Crippen molar-refractivity contribution in [2.24, 2.45) is 5.92 Å². The summed E-state index contributed by atoms with van der Waals surface area (Å²) in [7, 11) is 0. The maximum atomic E-state index is 12.0.